The predicted molar refractivity (Wildman–Crippen MR) is 307 cm³/mol. The summed E-state index contributed by atoms with van der Waals surface area (Å²) in [7, 11) is 0. The van der Waals surface area contributed by atoms with E-state index in [2.05, 4.69) is 106 Å². The molecular weight excluding hydrogens is 877 g/mol. The second-order valence-corrected chi connectivity index (χ2v) is 19.9. The summed E-state index contributed by atoms with van der Waals surface area (Å²) in [6.45, 7) is 6.42. The molecule has 0 N–H and O–H groups in total. The molecule has 0 rings (SSSR count). The first-order valence-electron chi connectivity index (χ1n) is 30.1. The van der Waals surface area contributed by atoms with E-state index in [0.717, 1.165) is 128 Å². The van der Waals surface area contributed by atoms with Crippen LogP contribution in [-0.4, -0.2) is 37.2 Å². The number of unbranched alkanes of at least 4 members (excludes halogenated alkanes) is 29. The van der Waals surface area contributed by atoms with Gasteiger partial charge in [-0.25, -0.2) is 0 Å². The second kappa shape index (κ2) is 59.2. The zero-order valence-corrected chi connectivity index (χ0v) is 46.7. The number of carbonyl (C=O) groups excluding carboxylic acids is 3. The van der Waals surface area contributed by atoms with Gasteiger partial charge in [0.1, 0.15) is 13.2 Å². The van der Waals surface area contributed by atoms with Gasteiger partial charge in [0.25, 0.3) is 0 Å². The minimum Gasteiger partial charge on any atom is -0.462 e. The van der Waals surface area contributed by atoms with Gasteiger partial charge in [-0.05, 0) is 89.9 Å². The number of esters is 3. The summed E-state index contributed by atoms with van der Waals surface area (Å²) in [5.41, 5.74) is 0. The standard InChI is InChI=1S/C65H112O6/c1-4-7-10-13-16-19-22-25-28-30-31-32-33-35-37-40-43-46-49-52-55-58-64(67)70-61-62(60-69-63(66)57-54-51-48-45-42-39-36-27-24-21-18-15-12-9-6-3)71-65(68)59-56-53-50-47-44-41-38-34-29-26-23-20-17-14-11-8-5-2/h7,9-10,12,16,18-19,21,25,27-28,31-32,36,62H,4-6,8,11,13-15,17,20,22-24,26,29-30,33-35,37-61H2,1-3H3/b10-7-,12-9-,19-16-,21-18-,28-25-,32-31-,36-27-. The monoisotopic (exact) mass is 989 g/mol. The predicted octanol–water partition coefficient (Wildman–Crippen LogP) is 20.3. The number of carbonyl (C=O) groups is 3. The SMILES string of the molecule is CC/C=C\C/C=C\C/C=C\C/C=C\CCCCCCCCCCC(=O)OCC(COC(=O)CCCCCCC/C=C\C/C=C\C/C=C\CC)OC(=O)CCCCCCCCCCCCCCCCCCC. The number of ether oxygens (including phenoxy) is 3. The van der Waals surface area contributed by atoms with Gasteiger partial charge in [0.15, 0.2) is 6.10 Å². The van der Waals surface area contributed by atoms with Gasteiger partial charge in [0.05, 0.1) is 0 Å². The van der Waals surface area contributed by atoms with E-state index in [1.165, 1.54) is 122 Å². The fourth-order valence-electron chi connectivity index (χ4n) is 8.45. The Kier molecular flexibility index (Phi) is 56.3. The third-order valence-electron chi connectivity index (χ3n) is 12.9. The molecule has 0 fully saturated rings. The summed E-state index contributed by atoms with van der Waals surface area (Å²) in [6, 6.07) is 0. The van der Waals surface area contributed by atoms with Crippen LogP contribution in [0.2, 0.25) is 0 Å². The van der Waals surface area contributed by atoms with E-state index in [4.69, 9.17) is 14.2 Å². The molecule has 6 nitrogen and oxygen atoms in total. The molecule has 0 saturated heterocycles. The molecule has 0 aromatic heterocycles. The van der Waals surface area contributed by atoms with Crippen LogP contribution in [0, 0.1) is 0 Å². The summed E-state index contributed by atoms with van der Waals surface area (Å²) in [6.07, 6.45) is 77.2. The van der Waals surface area contributed by atoms with E-state index in [1.54, 1.807) is 0 Å². The van der Waals surface area contributed by atoms with Gasteiger partial charge < -0.3 is 14.2 Å². The van der Waals surface area contributed by atoms with Gasteiger partial charge in [0, 0.05) is 19.3 Å². The van der Waals surface area contributed by atoms with Crippen LogP contribution in [0.4, 0.5) is 0 Å². The van der Waals surface area contributed by atoms with Crippen molar-refractivity contribution in [2.24, 2.45) is 0 Å². The van der Waals surface area contributed by atoms with Gasteiger partial charge in [-0.2, -0.15) is 0 Å². The molecule has 0 heterocycles. The van der Waals surface area contributed by atoms with Crippen molar-refractivity contribution in [3.63, 3.8) is 0 Å². The first kappa shape index (κ1) is 67.6. The average molecular weight is 990 g/mol. The molecule has 0 bridgehead atoms. The maximum absolute atomic E-state index is 12.9. The fraction of sp³-hybridized carbons (Fsp3) is 0.738. The normalized spacial score (nSPS) is 12.7. The molecule has 0 radical (unpaired) electrons. The Labute approximate surface area is 439 Å². The Bertz CT molecular complexity index is 1370. The molecule has 0 aromatic rings. The Hall–Kier alpha value is -3.41. The Morgan fingerprint density at radius 2 is 0.549 bits per heavy atom. The van der Waals surface area contributed by atoms with Gasteiger partial charge in [-0.1, -0.05) is 266 Å². The lowest BCUT2D eigenvalue weighted by Gasteiger charge is -2.18. The lowest BCUT2D eigenvalue weighted by atomic mass is 10.0. The summed E-state index contributed by atoms with van der Waals surface area (Å²) < 4.78 is 16.9. The molecule has 0 aliphatic carbocycles. The van der Waals surface area contributed by atoms with Gasteiger partial charge in [-0.3, -0.25) is 14.4 Å². The molecule has 71 heavy (non-hydrogen) atoms. The smallest absolute Gasteiger partial charge is 0.306 e. The van der Waals surface area contributed by atoms with Crippen LogP contribution in [-0.2, 0) is 28.6 Å². The number of allylic oxidation sites excluding steroid dienone is 14. The first-order chi connectivity index (χ1) is 35.0. The Balaban J connectivity index is 4.38. The molecule has 0 aromatic carbocycles. The topological polar surface area (TPSA) is 78.9 Å². The maximum atomic E-state index is 12.9. The molecular formula is C65H112O6. The van der Waals surface area contributed by atoms with E-state index in [9.17, 15) is 14.4 Å². The molecule has 0 aliphatic heterocycles. The molecule has 0 aliphatic rings. The lowest BCUT2D eigenvalue weighted by molar-refractivity contribution is -0.167. The van der Waals surface area contributed by atoms with Crippen LogP contribution in [0.3, 0.4) is 0 Å². The number of hydrogen-bond donors (Lipinski definition) is 0. The molecule has 0 amide bonds. The summed E-state index contributed by atoms with van der Waals surface area (Å²) in [4.78, 5) is 38.2. The average Bonchev–Trinajstić information content (AvgIpc) is 3.37. The van der Waals surface area contributed by atoms with Crippen LogP contribution in [0.15, 0.2) is 85.1 Å². The van der Waals surface area contributed by atoms with E-state index >= 15 is 0 Å². The molecule has 1 atom stereocenters. The van der Waals surface area contributed by atoms with Gasteiger partial charge >= 0.3 is 17.9 Å². The van der Waals surface area contributed by atoms with Crippen molar-refractivity contribution in [2.45, 2.75) is 297 Å². The summed E-state index contributed by atoms with van der Waals surface area (Å²) in [5, 5.41) is 0. The third kappa shape index (κ3) is 57.4. The van der Waals surface area contributed by atoms with Crippen molar-refractivity contribution in [2.75, 3.05) is 13.2 Å². The van der Waals surface area contributed by atoms with Crippen molar-refractivity contribution in [1.29, 1.82) is 0 Å². The van der Waals surface area contributed by atoms with E-state index in [-0.39, 0.29) is 31.1 Å². The number of rotatable bonds is 54. The van der Waals surface area contributed by atoms with E-state index < -0.39 is 6.10 Å². The van der Waals surface area contributed by atoms with Crippen molar-refractivity contribution >= 4 is 17.9 Å². The molecule has 6 heteroatoms. The maximum Gasteiger partial charge on any atom is 0.306 e. The quantitative estimate of drug-likeness (QED) is 0.0261. The van der Waals surface area contributed by atoms with Gasteiger partial charge in [-0.15, -0.1) is 0 Å². The zero-order valence-electron chi connectivity index (χ0n) is 46.7. The molecule has 408 valence electrons. The second-order valence-electron chi connectivity index (χ2n) is 19.9. The summed E-state index contributed by atoms with van der Waals surface area (Å²) >= 11 is 0. The third-order valence-corrected chi connectivity index (χ3v) is 12.9. The largest absolute Gasteiger partial charge is 0.462 e. The fourth-order valence-corrected chi connectivity index (χ4v) is 8.45. The van der Waals surface area contributed by atoms with E-state index in [1.807, 2.05) is 0 Å². The molecule has 0 spiro atoms. The highest BCUT2D eigenvalue weighted by Gasteiger charge is 2.19. The van der Waals surface area contributed by atoms with Crippen molar-refractivity contribution in [3.8, 4) is 0 Å². The molecule has 0 saturated carbocycles. The minimum absolute atomic E-state index is 0.0845. The minimum atomic E-state index is -0.787. The highest BCUT2D eigenvalue weighted by atomic mass is 16.6. The van der Waals surface area contributed by atoms with Crippen LogP contribution in [0.25, 0.3) is 0 Å². The lowest BCUT2D eigenvalue weighted by Crippen LogP contribution is -2.30. The van der Waals surface area contributed by atoms with Crippen LogP contribution in [0.1, 0.15) is 290 Å². The van der Waals surface area contributed by atoms with Crippen LogP contribution >= 0.6 is 0 Å². The van der Waals surface area contributed by atoms with Crippen molar-refractivity contribution in [3.05, 3.63) is 85.1 Å². The van der Waals surface area contributed by atoms with E-state index in [0.29, 0.717) is 19.3 Å². The molecule has 1 unspecified atom stereocenters. The first-order valence-corrected chi connectivity index (χ1v) is 30.1. The van der Waals surface area contributed by atoms with Crippen LogP contribution < -0.4 is 0 Å². The highest BCUT2D eigenvalue weighted by molar-refractivity contribution is 5.71. The summed E-state index contributed by atoms with van der Waals surface area (Å²) in [5.74, 6) is -0.898. The van der Waals surface area contributed by atoms with Crippen molar-refractivity contribution in [1.82, 2.24) is 0 Å². The zero-order chi connectivity index (χ0) is 51.4. The Morgan fingerprint density at radius 1 is 0.296 bits per heavy atom. The number of hydrogen-bond acceptors (Lipinski definition) is 6. The van der Waals surface area contributed by atoms with Crippen LogP contribution in [0.5, 0.6) is 0 Å². The van der Waals surface area contributed by atoms with Crippen molar-refractivity contribution < 1.29 is 28.6 Å². The highest BCUT2D eigenvalue weighted by Crippen LogP contribution is 2.16. The van der Waals surface area contributed by atoms with Gasteiger partial charge in [0.2, 0.25) is 0 Å². The Morgan fingerprint density at radius 3 is 0.859 bits per heavy atom.